The van der Waals surface area contributed by atoms with Gasteiger partial charge in [-0.05, 0) is 31.6 Å². The number of unbranched alkanes of at least 4 members (excludes halogenated alkanes) is 9. The van der Waals surface area contributed by atoms with Crippen LogP contribution in [-0.2, 0) is 0 Å². The van der Waals surface area contributed by atoms with Crippen LogP contribution < -0.4 is 0 Å². The van der Waals surface area contributed by atoms with Crippen molar-refractivity contribution >= 4 is 0 Å². The highest BCUT2D eigenvalue weighted by Crippen LogP contribution is 2.37. The van der Waals surface area contributed by atoms with Crippen molar-refractivity contribution in [3.05, 3.63) is 0 Å². The third kappa shape index (κ3) is 7.97. The lowest BCUT2D eigenvalue weighted by atomic mass is 9.93. The lowest BCUT2D eigenvalue weighted by Gasteiger charge is -2.22. The van der Waals surface area contributed by atoms with Crippen molar-refractivity contribution in [2.45, 2.75) is 109 Å². The number of aliphatic hydroxyl groups is 1. The molecular weight excluding hydrogens is 232 g/mol. The Balaban J connectivity index is 1.84. The third-order valence-electron chi connectivity index (χ3n) is 4.83. The van der Waals surface area contributed by atoms with Gasteiger partial charge in [0, 0.05) is 0 Å². The van der Waals surface area contributed by atoms with E-state index in [4.69, 9.17) is 0 Å². The van der Waals surface area contributed by atoms with Crippen molar-refractivity contribution in [3.8, 4) is 0 Å². The zero-order valence-corrected chi connectivity index (χ0v) is 13.4. The summed E-state index contributed by atoms with van der Waals surface area (Å²) in [5.41, 5.74) is -0.292. The highest BCUT2D eigenvalue weighted by Gasteiger charge is 2.34. The van der Waals surface area contributed by atoms with Crippen LogP contribution in [-0.4, -0.2) is 10.7 Å². The molecule has 0 spiro atoms. The molecule has 1 N–H and O–H groups in total. The quantitative estimate of drug-likeness (QED) is 0.466. The maximum Gasteiger partial charge on any atom is 0.0650 e. The van der Waals surface area contributed by atoms with Gasteiger partial charge in [-0.25, -0.2) is 0 Å². The zero-order chi connectivity index (χ0) is 14.0. The van der Waals surface area contributed by atoms with Crippen molar-refractivity contribution < 1.29 is 5.11 Å². The molecule has 114 valence electrons. The molecule has 1 heteroatoms. The summed E-state index contributed by atoms with van der Waals surface area (Å²) < 4.78 is 0. The van der Waals surface area contributed by atoms with Gasteiger partial charge in [-0.1, -0.05) is 78.1 Å². The molecule has 0 radical (unpaired) electrons. The second-order valence-corrected chi connectivity index (χ2v) is 7.00. The van der Waals surface area contributed by atoms with Crippen LogP contribution in [0.25, 0.3) is 0 Å². The van der Waals surface area contributed by atoms with Gasteiger partial charge in [0.1, 0.15) is 0 Å². The fraction of sp³-hybridized carbons (Fsp3) is 1.00. The molecule has 1 saturated carbocycles. The molecule has 1 rings (SSSR count). The molecule has 19 heavy (non-hydrogen) atoms. The topological polar surface area (TPSA) is 20.2 Å². The summed E-state index contributed by atoms with van der Waals surface area (Å²) in [6.45, 7) is 4.55. The van der Waals surface area contributed by atoms with Crippen molar-refractivity contribution in [1.29, 1.82) is 0 Å². The van der Waals surface area contributed by atoms with E-state index in [1.165, 1.54) is 70.6 Å². The second kappa shape index (κ2) is 9.80. The normalized spacial score (nSPS) is 27.0. The van der Waals surface area contributed by atoms with Gasteiger partial charge >= 0.3 is 0 Å². The monoisotopic (exact) mass is 268 g/mol. The smallest absolute Gasteiger partial charge is 0.0650 e. The van der Waals surface area contributed by atoms with Crippen molar-refractivity contribution in [1.82, 2.24) is 0 Å². The summed E-state index contributed by atoms with van der Waals surface area (Å²) in [7, 11) is 0. The molecule has 0 aromatic rings. The molecule has 0 aliphatic heterocycles. The van der Waals surface area contributed by atoms with E-state index in [1.807, 2.05) is 0 Å². The van der Waals surface area contributed by atoms with Crippen molar-refractivity contribution in [3.63, 3.8) is 0 Å². The van der Waals surface area contributed by atoms with E-state index in [0.29, 0.717) is 0 Å². The van der Waals surface area contributed by atoms with E-state index < -0.39 is 0 Å². The van der Waals surface area contributed by atoms with E-state index in [1.54, 1.807) is 0 Å². The van der Waals surface area contributed by atoms with Crippen LogP contribution in [0.15, 0.2) is 0 Å². The predicted molar refractivity (Wildman–Crippen MR) is 84.4 cm³/mol. The van der Waals surface area contributed by atoms with Crippen LogP contribution in [0.3, 0.4) is 0 Å². The lowest BCUT2D eigenvalue weighted by molar-refractivity contribution is 0.0327. The molecule has 0 saturated heterocycles. The maximum absolute atomic E-state index is 10.4. The molecule has 0 heterocycles. The first kappa shape index (κ1) is 17.0. The molecule has 1 fully saturated rings. The molecule has 0 aromatic carbocycles. The minimum absolute atomic E-state index is 0.292. The van der Waals surface area contributed by atoms with Crippen LogP contribution in [0.2, 0.25) is 0 Å². The highest BCUT2D eigenvalue weighted by atomic mass is 16.3. The Morgan fingerprint density at radius 2 is 1.42 bits per heavy atom. The Bertz CT molecular complexity index is 214. The van der Waals surface area contributed by atoms with Gasteiger partial charge in [-0.3, -0.25) is 0 Å². The Kier molecular flexibility index (Phi) is 8.77. The van der Waals surface area contributed by atoms with Crippen LogP contribution >= 0.6 is 0 Å². The van der Waals surface area contributed by atoms with E-state index in [2.05, 4.69) is 13.8 Å². The highest BCUT2D eigenvalue weighted by molar-refractivity contribution is 4.87. The van der Waals surface area contributed by atoms with Crippen molar-refractivity contribution in [2.75, 3.05) is 0 Å². The van der Waals surface area contributed by atoms with Gasteiger partial charge in [-0.15, -0.1) is 0 Å². The van der Waals surface area contributed by atoms with Crippen LogP contribution in [0.4, 0.5) is 0 Å². The summed E-state index contributed by atoms with van der Waals surface area (Å²) in [6.07, 6.45) is 18.2. The second-order valence-electron chi connectivity index (χ2n) is 7.00. The summed E-state index contributed by atoms with van der Waals surface area (Å²) >= 11 is 0. The Hall–Kier alpha value is -0.0400. The largest absolute Gasteiger partial charge is 0.390 e. The SMILES string of the molecule is CCCCCCCCCCCCC1(O)CCC(C)C1. The first-order chi connectivity index (χ1) is 9.16. The average Bonchev–Trinajstić information content (AvgIpc) is 2.72. The van der Waals surface area contributed by atoms with Gasteiger partial charge in [0.05, 0.1) is 5.60 Å². The summed E-state index contributed by atoms with van der Waals surface area (Å²) in [5, 5.41) is 10.4. The first-order valence-corrected chi connectivity index (χ1v) is 8.89. The fourth-order valence-corrected chi connectivity index (χ4v) is 3.54. The molecule has 1 aliphatic rings. The fourth-order valence-electron chi connectivity index (χ4n) is 3.54. The van der Waals surface area contributed by atoms with Crippen LogP contribution in [0, 0.1) is 5.92 Å². The number of hydrogen-bond donors (Lipinski definition) is 1. The first-order valence-electron chi connectivity index (χ1n) is 8.89. The van der Waals surface area contributed by atoms with E-state index >= 15 is 0 Å². The Labute approximate surface area is 121 Å². The van der Waals surface area contributed by atoms with E-state index in [-0.39, 0.29) is 5.60 Å². The van der Waals surface area contributed by atoms with Gasteiger partial charge in [0.15, 0.2) is 0 Å². The molecule has 2 atom stereocenters. The van der Waals surface area contributed by atoms with Gasteiger partial charge in [0.2, 0.25) is 0 Å². The third-order valence-corrected chi connectivity index (χ3v) is 4.83. The van der Waals surface area contributed by atoms with Gasteiger partial charge < -0.3 is 5.11 Å². The van der Waals surface area contributed by atoms with Crippen LogP contribution in [0.5, 0.6) is 0 Å². The van der Waals surface area contributed by atoms with E-state index in [0.717, 1.165) is 25.2 Å². The molecule has 2 unspecified atom stereocenters. The predicted octanol–water partition coefficient (Wildman–Crippen LogP) is 5.85. The molecule has 0 bridgehead atoms. The standard InChI is InChI=1S/C18H36O/c1-3-4-5-6-7-8-9-10-11-12-14-18(19)15-13-17(2)16-18/h17,19H,3-16H2,1-2H3. The van der Waals surface area contributed by atoms with Gasteiger partial charge in [-0.2, -0.15) is 0 Å². The Morgan fingerprint density at radius 1 is 0.895 bits per heavy atom. The number of rotatable bonds is 11. The molecular formula is C18H36O. The summed E-state index contributed by atoms with van der Waals surface area (Å²) in [5.74, 6) is 0.744. The minimum Gasteiger partial charge on any atom is -0.390 e. The Morgan fingerprint density at radius 3 is 1.89 bits per heavy atom. The lowest BCUT2D eigenvalue weighted by Crippen LogP contribution is -2.24. The van der Waals surface area contributed by atoms with Crippen LogP contribution in [0.1, 0.15) is 104 Å². The zero-order valence-electron chi connectivity index (χ0n) is 13.4. The number of hydrogen-bond acceptors (Lipinski definition) is 1. The van der Waals surface area contributed by atoms with E-state index in [9.17, 15) is 5.11 Å². The molecule has 1 aliphatic carbocycles. The molecule has 0 amide bonds. The van der Waals surface area contributed by atoms with Gasteiger partial charge in [0.25, 0.3) is 0 Å². The average molecular weight is 268 g/mol. The van der Waals surface area contributed by atoms with Crippen molar-refractivity contribution in [2.24, 2.45) is 5.92 Å². The molecule has 0 aromatic heterocycles. The summed E-state index contributed by atoms with van der Waals surface area (Å²) in [6, 6.07) is 0. The summed E-state index contributed by atoms with van der Waals surface area (Å²) in [4.78, 5) is 0. The maximum atomic E-state index is 10.4. The molecule has 1 nitrogen and oxygen atoms in total. The minimum atomic E-state index is -0.292.